The number of hydrogen-bond acceptors (Lipinski definition) is 4. The number of anilines is 1. The number of rotatable bonds is 3. The Morgan fingerprint density at radius 2 is 1.61 bits per heavy atom. The van der Waals surface area contributed by atoms with Crippen LogP contribution >= 0.6 is 0 Å². The van der Waals surface area contributed by atoms with Crippen LogP contribution < -0.4 is 19.5 Å². The quantitative estimate of drug-likeness (QED) is 0.523. The summed E-state index contributed by atoms with van der Waals surface area (Å²) in [6.45, 7) is 12.7. The molecule has 0 fully saturated rings. The molecule has 0 aliphatic carbocycles. The smallest absolute Gasteiger partial charge is 0.255 e. The van der Waals surface area contributed by atoms with Gasteiger partial charge in [-0.1, -0.05) is 29.8 Å². The van der Waals surface area contributed by atoms with Crippen LogP contribution in [0.25, 0.3) is 0 Å². The van der Waals surface area contributed by atoms with Crippen molar-refractivity contribution in [3.05, 3.63) is 81.4 Å². The molecule has 0 radical (unpaired) electrons. The van der Waals surface area contributed by atoms with Crippen LogP contribution in [0.5, 0.6) is 17.2 Å². The first-order chi connectivity index (χ1) is 15.7. The van der Waals surface area contributed by atoms with Crippen LogP contribution in [0.1, 0.15) is 63.5 Å². The zero-order valence-electron chi connectivity index (χ0n) is 20.0. The van der Waals surface area contributed by atoms with Crippen molar-refractivity contribution in [2.24, 2.45) is 0 Å². The van der Waals surface area contributed by atoms with E-state index in [1.54, 1.807) is 18.2 Å². The Kier molecular flexibility index (Phi) is 4.89. The first-order valence-electron chi connectivity index (χ1n) is 11.3. The van der Waals surface area contributed by atoms with Crippen LogP contribution in [-0.2, 0) is 0 Å². The summed E-state index contributed by atoms with van der Waals surface area (Å²) in [4.78, 5) is 13.2. The molecule has 0 aromatic heterocycles. The zero-order chi connectivity index (χ0) is 23.5. The Bertz CT molecular complexity index is 1270. The molecule has 0 bridgehead atoms. The van der Waals surface area contributed by atoms with Gasteiger partial charge in [0.25, 0.3) is 5.91 Å². The summed E-state index contributed by atoms with van der Waals surface area (Å²) in [7, 11) is 0. The van der Waals surface area contributed by atoms with Crippen molar-refractivity contribution in [3.8, 4) is 17.2 Å². The van der Waals surface area contributed by atoms with Gasteiger partial charge in [0, 0.05) is 16.8 Å². The molecule has 3 aromatic rings. The summed E-state index contributed by atoms with van der Waals surface area (Å²) < 4.78 is 17.3. The number of carbonyl (C=O) groups is 1. The van der Waals surface area contributed by atoms with E-state index < -0.39 is 5.60 Å². The van der Waals surface area contributed by atoms with Crippen molar-refractivity contribution in [2.75, 3.05) is 12.1 Å². The average molecular weight is 444 g/mol. The normalized spacial score (nSPS) is 17.5. The van der Waals surface area contributed by atoms with Gasteiger partial charge in [0.15, 0.2) is 11.5 Å². The molecule has 0 saturated carbocycles. The molecule has 5 nitrogen and oxygen atoms in total. The standard InChI is InChI=1S/C28H29NO4/c1-15-7-9-19(10-8-15)24-23-18(4)25(16(2)17(3)26(23)33-28(24,5)6)29-27(30)20-11-12-21-22(13-20)32-14-31-21/h7-13,24H,14H2,1-6H3,(H,29,30). The molecule has 0 spiro atoms. The molecule has 2 aliphatic heterocycles. The van der Waals surface area contributed by atoms with Gasteiger partial charge in [-0.2, -0.15) is 0 Å². The van der Waals surface area contributed by atoms with Gasteiger partial charge in [-0.05, 0) is 82.0 Å². The van der Waals surface area contributed by atoms with Gasteiger partial charge in [0.2, 0.25) is 6.79 Å². The van der Waals surface area contributed by atoms with Crippen LogP contribution in [0.4, 0.5) is 5.69 Å². The third-order valence-electron chi connectivity index (χ3n) is 6.93. The van der Waals surface area contributed by atoms with Crippen molar-refractivity contribution >= 4 is 11.6 Å². The molecule has 3 aromatic carbocycles. The molecule has 2 heterocycles. The molecular formula is C28H29NO4. The number of nitrogens with one attached hydrogen (secondary N) is 1. The highest BCUT2D eigenvalue weighted by Crippen LogP contribution is 2.53. The molecule has 170 valence electrons. The minimum atomic E-state index is -0.403. The fourth-order valence-corrected chi connectivity index (χ4v) is 5.03. The van der Waals surface area contributed by atoms with E-state index in [0.717, 1.165) is 33.7 Å². The minimum Gasteiger partial charge on any atom is -0.486 e. The lowest BCUT2D eigenvalue weighted by molar-refractivity contribution is 0.102. The van der Waals surface area contributed by atoms with Gasteiger partial charge in [0.1, 0.15) is 11.4 Å². The molecule has 1 atom stereocenters. The number of hydrogen-bond donors (Lipinski definition) is 1. The molecule has 5 rings (SSSR count). The largest absolute Gasteiger partial charge is 0.486 e. The van der Waals surface area contributed by atoms with Crippen molar-refractivity contribution in [3.63, 3.8) is 0 Å². The Balaban J connectivity index is 1.58. The van der Waals surface area contributed by atoms with Crippen LogP contribution in [0, 0.1) is 27.7 Å². The third kappa shape index (κ3) is 3.43. The minimum absolute atomic E-state index is 0.0635. The molecule has 5 heteroatoms. The number of aryl methyl sites for hydroxylation is 1. The van der Waals surface area contributed by atoms with E-state index in [4.69, 9.17) is 14.2 Å². The van der Waals surface area contributed by atoms with Crippen molar-refractivity contribution in [1.29, 1.82) is 0 Å². The molecule has 2 aliphatic rings. The van der Waals surface area contributed by atoms with Gasteiger partial charge < -0.3 is 19.5 Å². The van der Waals surface area contributed by atoms with E-state index >= 15 is 0 Å². The average Bonchev–Trinajstić information content (AvgIpc) is 3.36. The number of benzene rings is 3. The van der Waals surface area contributed by atoms with Crippen molar-refractivity contribution < 1.29 is 19.0 Å². The fraction of sp³-hybridized carbons (Fsp3) is 0.321. The molecule has 33 heavy (non-hydrogen) atoms. The Morgan fingerprint density at radius 1 is 0.909 bits per heavy atom. The number of carbonyl (C=O) groups excluding carboxylic acids is 1. The molecule has 1 N–H and O–H groups in total. The van der Waals surface area contributed by atoms with Gasteiger partial charge in [-0.15, -0.1) is 0 Å². The second-order valence-corrected chi connectivity index (χ2v) is 9.56. The van der Waals surface area contributed by atoms with Gasteiger partial charge in [0.05, 0.1) is 5.92 Å². The van der Waals surface area contributed by atoms with E-state index in [0.29, 0.717) is 17.1 Å². The van der Waals surface area contributed by atoms with Crippen LogP contribution in [0.2, 0.25) is 0 Å². The summed E-state index contributed by atoms with van der Waals surface area (Å²) in [6.07, 6.45) is 0. The highest BCUT2D eigenvalue weighted by atomic mass is 16.7. The molecule has 0 saturated heterocycles. The Labute approximate surface area is 194 Å². The molecular weight excluding hydrogens is 414 g/mol. The van der Waals surface area contributed by atoms with E-state index in [1.807, 2.05) is 6.92 Å². The summed E-state index contributed by atoms with van der Waals surface area (Å²) in [5, 5.41) is 3.17. The monoisotopic (exact) mass is 443 g/mol. The Hall–Kier alpha value is -3.47. The fourth-order valence-electron chi connectivity index (χ4n) is 5.03. The summed E-state index contributed by atoms with van der Waals surface area (Å²) >= 11 is 0. The van der Waals surface area contributed by atoms with Gasteiger partial charge in [-0.3, -0.25) is 4.79 Å². The first kappa shape index (κ1) is 21.4. The van der Waals surface area contributed by atoms with Crippen LogP contribution in [-0.4, -0.2) is 18.3 Å². The number of amides is 1. The zero-order valence-corrected chi connectivity index (χ0v) is 20.0. The maximum absolute atomic E-state index is 13.2. The predicted octanol–water partition coefficient (Wildman–Crippen LogP) is 6.20. The highest BCUT2D eigenvalue weighted by Gasteiger charge is 2.45. The number of ether oxygens (including phenoxy) is 3. The SMILES string of the molecule is Cc1ccc(C2c3c(C)c(NC(=O)c4ccc5c(c4)OCO5)c(C)c(C)c3OC2(C)C)cc1. The summed E-state index contributed by atoms with van der Waals surface area (Å²) in [5.41, 5.74) is 7.66. The highest BCUT2D eigenvalue weighted by molar-refractivity contribution is 6.06. The number of fused-ring (bicyclic) bond motifs is 2. The first-order valence-corrected chi connectivity index (χ1v) is 11.3. The molecule has 1 amide bonds. The van der Waals surface area contributed by atoms with E-state index in [1.165, 1.54) is 11.1 Å². The Morgan fingerprint density at radius 3 is 2.33 bits per heavy atom. The molecule has 1 unspecified atom stereocenters. The second kappa shape index (κ2) is 7.55. The van der Waals surface area contributed by atoms with Crippen molar-refractivity contribution in [2.45, 2.75) is 53.1 Å². The van der Waals surface area contributed by atoms with Crippen molar-refractivity contribution in [1.82, 2.24) is 0 Å². The predicted molar refractivity (Wildman–Crippen MR) is 129 cm³/mol. The maximum Gasteiger partial charge on any atom is 0.255 e. The lowest BCUT2D eigenvalue weighted by atomic mass is 9.78. The van der Waals surface area contributed by atoms with Crippen LogP contribution in [0.3, 0.4) is 0 Å². The van der Waals surface area contributed by atoms with E-state index in [2.05, 4.69) is 64.2 Å². The third-order valence-corrected chi connectivity index (χ3v) is 6.93. The summed E-state index contributed by atoms with van der Waals surface area (Å²) in [5.74, 6) is 2.07. The lowest BCUT2D eigenvalue weighted by Crippen LogP contribution is -2.31. The second-order valence-electron chi connectivity index (χ2n) is 9.56. The van der Waals surface area contributed by atoms with Gasteiger partial charge in [-0.25, -0.2) is 0 Å². The summed E-state index contributed by atoms with van der Waals surface area (Å²) in [6, 6.07) is 13.9. The van der Waals surface area contributed by atoms with Gasteiger partial charge >= 0.3 is 0 Å². The van der Waals surface area contributed by atoms with E-state index in [9.17, 15) is 4.79 Å². The lowest BCUT2D eigenvalue weighted by Gasteiger charge is -2.27. The topological polar surface area (TPSA) is 56.8 Å². The van der Waals surface area contributed by atoms with Crippen LogP contribution in [0.15, 0.2) is 42.5 Å². The maximum atomic E-state index is 13.2. The van der Waals surface area contributed by atoms with E-state index in [-0.39, 0.29) is 18.6 Å².